The molecule has 0 radical (unpaired) electrons. The largest absolute Gasteiger partial charge is 0.461 e. The number of hydrogen-bond donors (Lipinski definition) is 0. The van der Waals surface area contributed by atoms with Crippen molar-refractivity contribution in [2.45, 2.75) is 78.6 Å². The Labute approximate surface area is 178 Å². The van der Waals surface area contributed by atoms with Gasteiger partial charge in [-0.1, -0.05) is 29.4 Å². The highest BCUT2D eigenvalue weighted by molar-refractivity contribution is 5.91. The monoisotopic (exact) mass is 416 g/mol. The summed E-state index contributed by atoms with van der Waals surface area (Å²) >= 11 is 0. The summed E-state index contributed by atoms with van der Waals surface area (Å²) in [6, 6.07) is 0. The van der Waals surface area contributed by atoms with Crippen LogP contribution in [0.4, 0.5) is 0 Å². The van der Waals surface area contributed by atoms with E-state index in [0.29, 0.717) is 18.4 Å². The third-order valence-corrected chi connectivity index (χ3v) is 5.29. The van der Waals surface area contributed by atoms with Gasteiger partial charge in [-0.25, -0.2) is 4.79 Å². The van der Waals surface area contributed by atoms with E-state index >= 15 is 0 Å². The summed E-state index contributed by atoms with van der Waals surface area (Å²) in [6.07, 6.45) is 7.03. The molecule has 6 nitrogen and oxygen atoms in total. The summed E-state index contributed by atoms with van der Waals surface area (Å²) < 4.78 is 16.6. The van der Waals surface area contributed by atoms with Gasteiger partial charge >= 0.3 is 17.9 Å². The molecule has 1 fully saturated rings. The van der Waals surface area contributed by atoms with Crippen molar-refractivity contribution in [2.75, 3.05) is 0 Å². The Morgan fingerprint density at radius 3 is 2.30 bits per heavy atom. The molecule has 0 aromatic rings. The zero-order chi connectivity index (χ0) is 22.4. The molecule has 1 aliphatic carbocycles. The predicted molar refractivity (Wildman–Crippen MR) is 113 cm³/mol. The van der Waals surface area contributed by atoms with Crippen molar-refractivity contribution >= 4 is 17.9 Å². The van der Waals surface area contributed by atoms with E-state index in [1.165, 1.54) is 13.8 Å². The molecule has 30 heavy (non-hydrogen) atoms. The maximum absolute atomic E-state index is 12.3. The van der Waals surface area contributed by atoms with E-state index in [1.807, 2.05) is 32.9 Å². The van der Waals surface area contributed by atoms with E-state index in [9.17, 15) is 14.4 Å². The van der Waals surface area contributed by atoms with Gasteiger partial charge in [-0.15, -0.1) is 0 Å². The number of rotatable bonds is 2. The lowest BCUT2D eigenvalue weighted by Crippen LogP contribution is -2.32. The number of allylic oxidation sites excluding steroid dienone is 2. The van der Waals surface area contributed by atoms with E-state index in [4.69, 9.17) is 14.2 Å². The summed E-state index contributed by atoms with van der Waals surface area (Å²) in [6.45, 7) is 12.6. The molecule has 1 unspecified atom stereocenters. The molecule has 1 aliphatic heterocycles. The van der Waals surface area contributed by atoms with Crippen LogP contribution in [0.5, 0.6) is 0 Å². The zero-order valence-electron chi connectivity index (χ0n) is 18.5. The molecular formula is C24H32O6. The first-order valence-corrected chi connectivity index (χ1v) is 10.3. The van der Waals surface area contributed by atoms with E-state index < -0.39 is 36.2 Å². The summed E-state index contributed by atoms with van der Waals surface area (Å²) in [4.78, 5) is 35.6. The van der Waals surface area contributed by atoms with Crippen LogP contribution in [0.1, 0.15) is 60.3 Å². The summed E-state index contributed by atoms with van der Waals surface area (Å²) in [5.41, 5.74) is 3.41. The molecule has 0 spiro atoms. The molecule has 2 aliphatic rings. The fourth-order valence-corrected chi connectivity index (χ4v) is 4.00. The average molecular weight is 417 g/mol. The lowest BCUT2D eigenvalue weighted by Gasteiger charge is -2.26. The number of hydrogen-bond acceptors (Lipinski definition) is 6. The van der Waals surface area contributed by atoms with Gasteiger partial charge in [0, 0.05) is 32.3 Å². The van der Waals surface area contributed by atoms with Crippen molar-refractivity contribution in [3.05, 3.63) is 47.1 Å². The number of esters is 3. The molecule has 0 bridgehead atoms. The van der Waals surface area contributed by atoms with Crippen LogP contribution in [-0.2, 0) is 28.6 Å². The first kappa shape index (κ1) is 23.6. The Morgan fingerprint density at radius 1 is 1.00 bits per heavy atom. The lowest BCUT2D eigenvalue weighted by atomic mass is 9.86. The van der Waals surface area contributed by atoms with Crippen molar-refractivity contribution < 1.29 is 28.6 Å². The fourth-order valence-electron chi connectivity index (χ4n) is 4.00. The third kappa shape index (κ3) is 6.71. The summed E-state index contributed by atoms with van der Waals surface area (Å²) in [7, 11) is 0. The first-order valence-electron chi connectivity index (χ1n) is 10.3. The molecule has 1 heterocycles. The SMILES string of the molecule is C=C1C(=O)O[C@H]2/C=C(\C)C[C@H](OC(C)=O)/C=C(\C)CC/C=C(\C)CC(OC(C)=O)[C@H]12. The van der Waals surface area contributed by atoms with Crippen molar-refractivity contribution in [3.8, 4) is 0 Å². The Hall–Kier alpha value is -2.63. The Kier molecular flexibility index (Phi) is 8.21. The second-order valence-electron chi connectivity index (χ2n) is 8.24. The van der Waals surface area contributed by atoms with Crippen LogP contribution in [0.25, 0.3) is 0 Å². The number of carbonyl (C=O) groups is 3. The Morgan fingerprint density at radius 2 is 1.67 bits per heavy atom. The lowest BCUT2D eigenvalue weighted by molar-refractivity contribution is -0.149. The molecule has 0 aromatic carbocycles. The third-order valence-electron chi connectivity index (χ3n) is 5.29. The van der Waals surface area contributed by atoms with E-state index in [-0.39, 0.29) is 5.97 Å². The van der Waals surface area contributed by atoms with Crippen molar-refractivity contribution in [1.29, 1.82) is 0 Å². The van der Waals surface area contributed by atoms with Gasteiger partial charge in [0.15, 0.2) is 0 Å². The minimum absolute atomic E-state index is 0.308. The van der Waals surface area contributed by atoms with Gasteiger partial charge in [-0.05, 0) is 45.8 Å². The summed E-state index contributed by atoms with van der Waals surface area (Å²) in [5, 5.41) is 0. The molecule has 6 heteroatoms. The maximum atomic E-state index is 12.3. The number of fused-ring (bicyclic) bond motifs is 1. The molecule has 1 saturated heterocycles. The Bertz CT molecular complexity index is 801. The molecule has 164 valence electrons. The molecular weight excluding hydrogens is 384 g/mol. The van der Waals surface area contributed by atoms with Gasteiger partial charge in [0.05, 0.1) is 5.92 Å². The van der Waals surface area contributed by atoms with Crippen LogP contribution in [0, 0.1) is 5.92 Å². The maximum Gasteiger partial charge on any atom is 0.334 e. The smallest absolute Gasteiger partial charge is 0.334 e. The van der Waals surface area contributed by atoms with Gasteiger partial charge in [0.2, 0.25) is 0 Å². The van der Waals surface area contributed by atoms with Crippen LogP contribution in [0.3, 0.4) is 0 Å². The molecule has 0 aromatic heterocycles. The minimum atomic E-state index is -0.590. The Balaban J connectivity index is 2.46. The van der Waals surface area contributed by atoms with E-state index in [1.54, 1.807) is 0 Å². The van der Waals surface area contributed by atoms with E-state index in [2.05, 4.69) is 12.7 Å². The standard InChI is InChI=1S/C24H32O6/c1-14-8-7-9-15(2)12-21(29-19(6)26)23-17(4)24(27)30-22(23)13-16(3)11-20(10-14)28-18(5)25/h9-10,13,20-23H,4,7-8,11-12H2,1-3,5-6H3/b14-10+,15-9+,16-13+/t20-,21?,22+,23+/m1/s1. The zero-order valence-corrected chi connectivity index (χ0v) is 18.5. The second-order valence-corrected chi connectivity index (χ2v) is 8.24. The normalized spacial score (nSPS) is 33.4. The van der Waals surface area contributed by atoms with Gasteiger partial charge in [0.25, 0.3) is 0 Å². The molecule has 2 rings (SSSR count). The van der Waals surface area contributed by atoms with Crippen LogP contribution in [-0.4, -0.2) is 36.2 Å². The number of ether oxygens (including phenoxy) is 3. The highest BCUT2D eigenvalue weighted by atomic mass is 16.6. The quantitative estimate of drug-likeness (QED) is 0.288. The van der Waals surface area contributed by atoms with Gasteiger partial charge in [-0.2, -0.15) is 0 Å². The fraction of sp³-hybridized carbons (Fsp3) is 0.542. The minimum Gasteiger partial charge on any atom is -0.461 e. The van der Waals surface area contributed by atoms with Gasteiger partial charge in [0.1, 0.15) is 18.3 Å². The highest BCUT2D eigenvalue weighted by Gasteiger charge is 2.44. The van der Waals surface area contributed by atoms with Crippen LogP contribution < -0.4 is 0 Å². The van der Waals surface area contributed by atoms with E-state index in [0.717, 1.165) is 29.6 Å². The number of carbonyl (C=O) groups excluding carboxylic acids is 3. The molecule has 4 atom stereocenters. The molecule has 0 N–H and O–H groups in total. The summed E-state index contributed by atoms with van der Waals surface area (Å²) in [5.74, 6) is -1.70. The molecule has 0 amide bonds. The predicted octanol–water partition coefficient (Wildman–Crippen LogP) is 4.36. The van der Waals surface area contributed by atoms with Crippen LogP contribution >= 0.6 is 0 Å². The average Bonchev–Trinajstić information content (AvgIpc) is 2.86. The van der Waals surface area contributed by atoms with Crippen LogP contribution in [0.15, 0.2) is 47.1 Å². The topological polar surface area (TPSA) is 78.9 Å². The highest BCUT2D eigenvalue weighted by Crippen LogP contribution is 2.36. The first-order chi connectivity index (χ1) is 14.1. The van der Waals surface area contributed by atoms with Crippen molar-refractivity contribution in [1.82, 2.24) is 0 Å². The molecule has 0 saturated carbocycles. The van der Waals surface area contributed by atoms with Gasteiger partial charge < -0.3 is 14.2 Å². The van der Waals surface area contributed by atoms with Crippen LogP contribution in [0.2, 0.25) is 0 Å². The second kappa shape index (κ2) is 10.4. The van der Waals surface area contributed by atoms with Crippen molar-refractivity contribution in [2.24, 2.45) is 5.92 Å². The van der Waals surface area contributed by atoms with Gasteiger partial charge in [-0.3, -0.25) is 9.59 Å². The van der Waals surface area contributed by atoms with Crippen molar-refractivity contribution in [3.63, 3.8) is 0 Å².